The SMILES string of the molecule is CN=C(NCC(C1CCCCC1)N(C)C)N1CCC(OCC2CCCCO2)CC1. The Morgan fingerprint density at radius 3 is 2.41 bits per heavy atom. The monoisotopic (exact) mass is 408 g/mol. The van der Waals surface area contributed by atoms with Crippen LogP contribution in [-0.2, 0) is 9.47 Å². The van der Waals surface area contributed by atoms with E-state index in [0.29, 0.717) is 18.2 Å². The number of nitrogens with one attached hydrogen (secondary N) is 1. The van der Waals surface area contributed by atoms with Gasteiger partial charge in [0.05, 0.1) is 18.8 Å². The molecule has 0 amide bonds. The lowest BCUT2D eigenvalue weighted by Gasteiger charge is -2.38. The van der Waals surface area contributed by atoms with Gasteiger partial charge in [-0.15, -0.1) is 0 Å². The quantitative estimate of drug-likeness (QED) is 0.518. The summed E-state index contributed by atoms with van der Waals surface area (Å²) < 4.78 is 12.0. The molecule has 0 spiro atoms. The maximum absolute atomic E-state index is 6.17. The summed E-state index contributed by atoms with van der Waals surface area (Å²) in [6, 6.07) is 0.586. The van der Waals surface area contributed by atoms with Crippen molar-refractivity contribution in [3.05, 3.63) is 0 Å². The summed E-state index contributed by atoms with van der Waals surface area (Å²) in [6.45, 7) is 4.70. The number of ether oxygens (including phenoxy) is 2. The molecule has 29 heavy (non-hydrogen) atoms. The van der Waals surface area contributed by atoms with Crippen molar-refractivity contribution in [3.63, 3.8) is 0 Å². The van der Waals surface area contributed by atoms with E-state index >= 15 is 0 Å². The summed E-state index contributed by atoms with van der Waals surface area (Å²) in [7, 11) is 6.36. The zero-order chi connectivity index (χ0) is 20.5. The zero-order valence-electron chi connectivity index (χ0n) is 19.1. The Morgan fingerprint density at radius 1 is 1.07 bits per heavy atom. The number of aliphatic imine (C=N–C) groups is 1. The normalized spacial score (nSPS) is 26.7. The first-order chi connectivity index (χ1) is 14.2. The third kappa shape index (κ3) is 7.11. The molecule has 3 aliphatic rings. The third-order valence-corrected chi connectivity index (χ3v) is 7.07. The molecular weight excluding hydrogens is 364 g/mol. The maximum atomic E-state index is 6.17. The van der Waals surface area contributed by atoms with Gasteiger partial charge < -0.3 is 24.6 Å². The van der Waals surface area contributed by atoms with Gasteiger partial charge >= 0.3 is 0 Å². The smallest absolute Gasteiger partial charge is 0.193 e. The van der Waals surface area contributed by atoms with Gasteiger partial charge in [-0.2, -0.15) is 0 Å². The molecule has 2 unspecified atom stereocenters. The summed E-state index contributed by atoms with van der Waals surface area (Å²) >= 11 is 0. The van der Waals surface area contributed by atoms with Crippen molar-refractivity contribution in [1.82, 2.24) is 15.1 Å². The molecule has 168 valence electrons. The Hall–Kier alpha value is -0.850. The van der Waals surface area contributed by atoms with E-state index in [0.717, 1.165) is 64.0 Å². The van der Waals surface area contributed by atoms with Crippen LogP contribution >= 0.6 is 0 Å². The van der Waals surface area contributed by atoms with Gasteiger partial charge in [-0.25, -0.2) is 0 Å². The Bertz CT molecular complexity index is 479. The molecule has 3 fully saturated rings. The summed E-state index contributed by atoms with van der Waals surface area (Å²) in [5.74, 6) is 1.87. The largest absolute Gasteiger partial charge is 0.376 e. The van der Waals surface area contributed by atoms with Crippen LogP contribution < -0.4 is 5.32 Å². The highest BCUT2D eigenvalue weighted by Gasteiger charge is 2.27. The van der Waals surface area contributed by atoms with Crippen LogP contribution in [0.4, 0.5) is 0 Å². The first kappa shape index (κ1) is 22.8. The number of hydrogen-bond acceptors (Lipinski definition) is 4. The maximum Gasteiger partial charge on any atom is 0.193 e. The summed E-state index contributed by atoms with van der Waals surface area (Å²) in [5.41, 5.74) is 0. The van der Waals surface area contributed by atoms with Crippen LogP contribution in [0.1, 0.15) is 64.2 Å². The third-order valence-electron chi connectivity index (χ3n) is 7.07. The van der Waals surface area contributed by atoms with E-state index in [1.807, 2.05) is 7.05 Å². The molecule has 1 saturated carbocycles. The Kier molecular flexibility index (Phi) is 9.53. The minimum Gasteiger partial charge on any atom is -0.376 e. The minimum absolute atomic E-state index is 0.318. The predicted octanol–water partition coefficient (Wildman–Crippen LogP) is 3.12. The molecule has 0 aromatic carbocycles. The fraction of sp³-hybridized carbons (Fsp3) is 0.957. The molecule has 1 aliphatic carbocycles. The van der Waals surface area contributed by atoms with Crippen molar-refractivity contribution in [2.75, 3.05) is 54.0 Å². The second-order valence-electron chi connectivity index (χ2n) is 9.37. The van der Waals surface area contributed by atoms with Gasteiger partial charge in [0.25, 0.3) is 0 Å². The molecular formula is C23H44N4O2. The highest BCUT2D eigenvalue weighted by molar-refractivity contribution is 5.80. The Balaban J connectivity index is 1.39. The fourth-order valence-corrected chi connectivity index (χ4v) is 5.23. The molecule has 0 aromatic rings. The van der Waals surface area contributed by atoms with Gasteiger partial charge in [0.15, 0.2) is 5.96 Å². The lowest BCUT2D eigenvalue weighted by Crippen LogP contribution is -2.51. The highest BCUT2D eigenvalue weighted by Crippen LogP contribution is 2.28. The lowest BCUT2D eigenvalue weighted by molar-refractivity contribution is -0.0721. The molecule has 0 bridgehead atoms. The minimum atomic E-state index is 0.318. The van der Waals surface area contributed by atoms with Gasteiger partial charge in [-0.05, 0) is 65.0 Å². The molecule has 0 radical (unpaired) electrons. The molecule has 0 aromatic heterocycles. The number of hydrogen-bond donors (Lipinski definition) is 1. The van der Waals surface area contributed by atoms with E-state index in [2.05, 4.69) is 34.2 Å². The first-order valence-electron chi connectivity index (χ1n) is 12.0. The van der Waals surface area contributed by atoms with Crippen LogP contribution in [0.3, 0.4) is 0 Å². The summed E-state index contributed by atoms with van der Waals surface area (Å²) in [4.78, 5) is 9.40. The number of piperidine rings is 1. The average molecular weight is 409 g/mol. The standard InChI is InChI=1S/C23H44N4O2/c1-24-23(25-17-22(26(2)3)19-9-5-4-6-10-19)27-14-12-20(13-15-27)29-18-21-11-7-8-16-28-21/h19-22H,4-18H2,1-3H3,(H,24,25). The Morgan fingerprint density at radius 2 is 1.79 bits per heavy atom. The number of likely N-dealkylation sites (tertiary alicyclic amines) is 1. The molecule has 1 N–H and O–H groups in total. The van der Waals surface area contributed by atoms with Crippen molar-refractivity contribution < 1.29 is 9.47 Å². The van der Waals surface area contributed by atoms with Crippen LogP contribution in [-0.4, -0.2) is 88.0 Å². The van der Waals surface area contributed by atoms with Crippen molar-refractivity contribution in [1.29, 1.82) is 0 Å². The molecule has 2 atom stereocenters. The van der Waals surface area contributed by atoms with E-state index in [1.165, 1.54) is 44.9 Å². The van der Waals surface area contributed by atoms with Gasteiger partial charge in [-0.1, -0.05) is 19.3 Å². The van der Waals surface area contributed by atoms with Crippen LogP contribution in [0.2, 0.25) is 0 Å². The lowest BCUT2D eigenvalue weighted by atomic mass is 9.83. The second kappa shape index (κ2) is 12.1. The molecule has 2 heterocycles. The molecule has 2 saturated heterocycles. The number of likely N-dealkylation sites (N-methyl/N-ethyl adjacent to an activating group) is 1. The van der Waals surface area contributed by atoms with Gasteiger partial charge in [0.1, 0.15) is 0 Å². The average Bonchev–Trinajstić information content (AvgIpc) is 2.77. The van der Waals surface area contributed by atoms with Crippen molar-refractivity contribution in [2.45, 2.75) is 82.5 Å². The van der Waals surface area contributed by atoms with Crippen LogP contribution in [0.5, 0.6) is 0 Å². The molecule has 6 nitrogen and oxygen atoms in total. The Labute approximate surface area is 178 Å². The molecule has 2 aliphatic heterocycles. The second-order valence-corrected chi connectivity index (χ2v) is 9.37. The fourth-order valence-electron chi connectivity index (χ4n) is 5.23. The molecule has 3 rings (SSSR count). The van der Waals surface area contributed by atoms with Gasteiger partial charge in [-0.3, -0.25) is 4.99 Å². The van der Waals surface area contributed by atoms with Gasteiger partial charge in [0.2, 0.25) is 0 Å². The van der Waals surface area contributed by atoms with Crippen LogP contribution in [0.25, 0.3) is 0 Å². The number of guanidine groups is 1. The topological polar surface area (TPSA) is 49.3 Å². The van der Waals surface area contributed by atoms with Crippen molar-refractivity contribution in [2.24, 2.45) is 10.9 Å². The molecule has 6 heteroatoms. The van der Waals surface area contributed by atoms with E-state index in [1.54, 1.807) is 0 Å². The van der Waals surface area contributed by atoms with Crippen LogP contribution in [0.15, 0.2) is 4.99 Å². The van der Waals surface area contributed by atoms with Crippen molar-refractivity contribution in [3.8, 4) is 0 Å². The summed E-state index contributed by atoms with van der Waals surface area (Å²) in [6.07, 6.45) is 13.4. The highest BCUT2D eigenvalue weighted by atomic mass is 16.5. The summed E-state index contributed by atoms with van der Waals surface area (Å²) in [5, 5.41) is 3.69. The van der Waals surface area contributed by atoms with Crippen molar-refractivity contribution >= 4 is 5.96 Å². The number of rotatable bonds is 7. The van der Waals surface area contributed by atoms with Gasteiger partial charge in [0, 0.05) is 39.3 Å². The van der Waals surface area contributed by atoms with Crippen LogP contribution in [0, 0.1) is 5.92 Å². The van der Waals surface area contributed by atoms with E-state index < -0.39 is 0 Å². The van der Waals surface area contributed by atoms with E-state index in [-0.39, 0.29) is 0 Å². The first-order valence-corrected chi connectivity index (χ1v) is 12.0. The zero-order valence-corrected chi connectivity index (χ0v) is 19.1. The van der Waals surface area contributed by atoms with E-state index in [9.17, 15) is 0 Å². The number of nitrogens with zero attached hydrogens (tertiary/aromatic N) is 3. The predicted molar refractivity (Wildman–Crippen MR) is 120 cm³/mol. The van der Waals surface area contributed by atoms with E-state index in [4.69, 9.17) is 9.47 Å².